The first kappa shape index (κ1) is 19.3. The predicted octanol–water partition coefficient (Wildman–Crippen LogP) is 7.51. The van der Waals surface area contributed by atoms with E-state index in [1.54, 1.807) is 0 Å². The molecule has 0 atom stereocenters. The Morgan fingerprint density at radius 3 is 1.77 bits per heavy atom. The van der Waals surface area contributed by atoms with Gasteiger partial charge in [-0.25, -0.2) is 0 Å². The van der Waals surface area contributed by atoms with Gasteiger partial charge in [-0.3, -0.25) is 4.79 Å². The van der Waals surface area contributed by atoms with Gasteiger partial charge in [0.25, 0.3) is 0 Å². The van der Waals surface area contributed by atoms with Crippen molar-refractivity contribution in [1.29, 1.82) is 0 Å². The van der Waals surface area contributed by atoms with Gasteiger partial charge in [-0.1, -0.05) is 70.8 Å². The van der Waals surface area contributed by atoms with Crippen molar-refractivity contribution in [1.82, 2.24) is 0 Å². The molecule has 0 aliphatic rings. The van der Waals surface area contributed by atoms with Crippen molar-refractivity contribution in [2.45, 2.75) is 27.7 Å². The van der Waals surface area contributed by atoms with Crippen LogP contribution < -0.4 is 5.43 Å². The van der Waals surface area contributed by atoms with Crippen molar-refractivity contribution in [3.05, 3.63) is 105 Å². The molecule has 0 aliphatic heterocycles. The van der Waals surface area contributed by atoms with Crippen molar-refractivity contribution in [3.63, 3.8) is 0 Å². The Morgan fingerprint density at radius 1 is 0.581 bits per heavy atom. The summed E-state index contributed by atoms with van der Waals surface area (Å²) in [4.78, 5) is 13.5. The van der Waals surface area contributed by atoms with Crippen molar-refractivity contribution < 1.29 is 4.42 Å². The summed E-state index contributed by atoms with van der Waals surface area (Å²) in [5, 5.41) is 1.25. The quantitative estimate of drug-likeness (QED) is 0.285. The van der Waals surface area contributed by atoms with Gasteiger partial charge < -0.3 is 4.42 Å². The first-order valence-electron chi connectivity index (χ1n) is 10.6. The molecule has 0 saturated carbocycles. The third-order valence-electron chi connectivity index (χ3n) is 5.77. The second-order valence-electron chi connectivity index (χ2n) is 8.58. The van der Waals surface area contributed by atoms with Crippen molar-refractivity contribution in [2.24, 2.45) is 0 Å². The molecule has 0 aliphatic carbocycles. The smallest absolute Gasteiger partial charge is 0.201 e. The minimum absolute atomic E-state index is 0.0120. The zero-order valence-electron chi connectivity index (χ0n) is 18.2. The summed E-state index contributed by atoms with van der Waals surface area (Å²) in [5.74, 6) is 0. The van der Waals surface area contributed by atoms with Crippen LogP contribution in [-0.4, -0.2) is 0 Å². The van der Waals surface area contributed by atoms with Crippen LogP contribution in [0, 0.1) is 27.7 Å². The lowest BCUT2D eigenvalue weighted by atomic mass is 9.92. The maximum Gasteiger partial charge on any atom is 0.201 e. The topological polar surface area (TPSA) is 30.2 Å². The molecule has 0 spiro atoms. The molecule has 0 unspecified atom stereocenters. The fourth-order valence-electron chi connectivity index (χ4n) is 4.59. The number of benzene rings is 4. The maximum atomic E-state index is 13.5. The molecule has 0 N–H and O–H groups in total. The number of rotatable bonds is 2. The van der Waals surface area contributed by atoms with E-state index in [9.17, 15) is 4.79 Å². The molecule has 152 valence electrons. The van der Waals surface area contributed by atoms with Crippen molar-refractivity contribution in [3.8, 4) is 22.3 Å². The van der Waals surface area contributed by atoms with E-state index in [2.05, 4.69) is 70.2 Å². The molecule has 0 radical (unpaired) electrons. The third kappa shape index (κ3) is 3.44. The summed E-state index contributed by atoms with van der Waals surface area (Å²) in [5.41, 5.74) is 10.1. The van der Waals surface area contributed by atoms with Crippen LogP contribution in [0.4, 0.5) is 0 Å². The molecule has 0 saturated heterocycles. The Balaban J connectivity index is 1.93. The molecule has 0 amide bonds. The summed E-state index contributed by atoms with van der Waals surface area (Å²) in [6.07, 6.45) is 0. The Kier molecular flexibility index (Phi) is 4.51. The van der Waals surface area contributed by atoms with E-state index < -0.39 is 0 Å². The zero-order chi connectivity index (χ0) is 21.7. The first-order chi connectivity index (χ1) is 14.9. The van der Waals surface area contributed by atoms with Gasteiger partial charge in [0.2, 0.25) is 5.43 Å². The van der Waals surface area contributed by atoms with E-state index in [1.165, 1.54) is 22.3 Å². The summed E-state index contributed by atoms with van der Waals surface area (Å²) in [6.45, 7) is 8.39. The van der Waals surface area contributed by atoms with Gasteiger partial charge in [0, 0.05) is 0 Å². The van der Waals surface area contributed by atoms with Crippen LogP contribution in [0.2, 0.25) is 0 Å². The zero-order valence-corrected chi connectivity index (χ0v) is 18.2. The number of fused-ring (bicyclic) bond motifs is 2. The van der Waals surface area contributed by atoms with Gasteiger partial charge in [0.05, 0.1) is 10.8 Å². The molecular formula is C29H24O2. The highest BCUT2D eigenvalue weighted by atomic mass is 16.3. The van der Waals surface area contributed by atoms with Crippen molar-refractivity contribution >= 4 is 21.9 Å². The lowest BCUT2D eigenvalue weighted by molar-refractivity contribution is 0.660. The van der Waals surface area contributed by atoms with E-state index in [0.717, 1.165) is 22.3 Å². The molecule has 1 aromatic heterocycles. The summed E-state index contributed by atoms with van der Waals surface area (Å²) in [7, 11) is 0. The van der Waals surface area contributed by atoms with Gasteiger partial charge in [-0.2, -0.15) is 0 Å². The lowest BCUT2D eigenvalue weighted by Crippen LogP contribution is -2.04. The van der Waals surface area contributed by atoms with E-state index >= 15 is 0 Å². The van der Waals surface area contributed by atoms with E-state index in [-0.39, 0.29) is 5.43 Å². The maximum absolute atomic E-state index is 13.5. The normalized spacial score (nSPS) is 11.4. The largest absolute Gasteiger partial charge is 0.456 e. The molecule has 0 fully saturated rings. The van der Waals surface area contributed by atoms with Gasteiger partial charge >= 0.3 is 0 Å². The average molecular weight is 405 g/mol. The highest BCUT2D eigenvalue weighted by Gasteiger charge is 2.16. The van der Waals surface area contributed by atoms with Gasteiger partial charge in [0.15, 0.2) is 0 Å². The van der Waals surface area contributed by atoms with Crippen LogP contribution in [0.5, 0.6) is 0 Å². The van der Waals surface area contributed by atoms with E-state index in [1.807, 2.05) is 30.3 Å². The van der Waals surface area contributed by atoms with Gasteiger partial charge in [-0.15, -0.1) is 0 Å². The van der Waals surface area contributed by atoms with Gasteiger partial charge in [-0.05, 0) is 74.2 Å². The van der Waals surface area contributed by atoms with Crippen LogP contribution in [0.15, 0.2) is 82.0 Å². The SMILES string of the molecule is Cc1cc(C)cc(-c2cc(-c3cc(C)cc(C)c3)c3c(=O)c4ccccc4oc3c2)c1. The van der Waals surface area contributed by atoms with E-state index in [0.29, 0.717) is 21.9 Å². The fraction of sp³-hybridized carbons (Fsp3) is 0.138. The number of hydrogen-bond acceptors (Lipinski definition) is 2. The monoisotopic (exact) mass is 404 g/mol. The number of hydrogen-bond donors (Lipinski definition) is 0. The van der Waals surface area contributed by atoms with Crippen LogP contribution >= 0.6 is 0 Å². The summed E-state index contributed by atoms with van der Waals surface area (Å²) in [6, 6.07) is 24.6. The highest BCUT2D eigenvalue weighted by Crippen LogP contribution is 2.35. The van der Waals surface area contributed by atoms with Crippen molar-refractivity contribution in [2.75, 3.05) is 0 Å². The van der Waals surface area contributed by atoms with Crippen LogP contribution in [-0.2, 0) is 0 Å². The molecule has 5 aromatic rings. The molecule has 2 heteroatoms. The summed E-state index contributed by atoms with van der Waals surface area (Å²) < 4.78 is 6.27. The second kappa shape index (κ2) is 7.24. The highest BCUT2D eigenvalue weighted by molar-refractivity contribution is 6.01. The molecule has 31 heavy (non-hydrogen) atoms. The first-order valence-corrected chi connectivity index (χ1v) is 10.6. The fourth-order valence-corrected chi connectivity index (χ4v) is 4.59. The van der Waals surface area contributed by atoms with Crippen LogP contribution in [0.25, 0.3) is 44.2 Å². The van der Waals surface area contributed by atoms with Crippen LogP contribution in [0.3, 0.4) is 0 Å². The second-order valence-corrected chi connectivity index (χ2v) is 8.58. The third-order valence-corrected chi connectivity index (χ3v) is 5.77. The minimum Gasteiger partial charge on any atom is -0.456 e. The minimum atomic E-state index is 0.0120. The average Bonchev–Trinajstić information content (AvgIpc) is 2.71. The number of aryl methyl sites for hydroxylation is 4. The standard InChI is InChI=1S/C29H24O2/c1-17-9-18(2)12-21(11-17)22-15-25(23-13-19(3)10-20(4)14-23)28-27(16-22)31-26-8-6-5-7-24(26)29(28)30/h5-16H,1-4H3. The molecule has 2 nitrogen and oxygen atoms in total. The lowest BCUT2D eigenvalue weighted by Gasteiger charge is -2.13. The molecule has 4 aromatic carbocycles. The Bertz CT molecular complexity index is 1500. The molecular weight excluding hydrogens is 380 g/mol. The Hall–Kier alpha value is -3.65. The Morgan fingerprint density at radius 2 is 1.13 bits per heavy atom. The Labute approximate surface area is 181 Å². The van der Waals surface area contributed by atoms with E-state index in [4.69, 9.17) is 4.42 Å². The predicted molar refractivity (Wildman–Crippen MR) is 130 cm³/mol. The summed E-state index contributed by atoms with van der Waals surface area (Å²) >= 11 is 0. The van der Waals surface area contributed by atoms with Gasteiger partial charge in [0.1, 0.15) is 11.2 Å². The molecule has 1 heterocycles. The molecule has 0 bridgehead atoms. The molecule has 5 rings (SSSR count). The number of para-hydroxylation sites is 1. The van der Waals surface area contributed by atoms with Crippen LogP contribution in [0.1, 0.15) is 22.3 Å².